The molecule has 1 aromatic carbocycles. The van der Waals surface area contributed by atoms with Crippen LogP contribution in [0.15, 0.2) is 24.3 Å². The topological polar surface area (TPSA) is 58.4 Å². The average molecular weight is 247 g/mol. The lowest BCUT2D eigenvalue weighted by Gasteiger charge is -2.29. The average Bonchev–Trinajstić information content (AvgIpc) is 2.28. The highest BCUT2D eigenvalue weighted by molar-refractivity contribution is 5.92. The summed E-state index contributed by atoms with van der Waals surface area (Å²) in [4.78, 5) is 14.0. The molecule has 1 amide bonds. The third-order valence-corrected chi connectivity index (χ3v) is 3.21. The summed E-state index contributed by atoms with van der Waals surface area (Å²) in [5.74, 6) is 0.0368. The second-order valence-electron chi connectivity index (χ2n) is 5.06. The van der Waals surface area contributed by atoms with Gasteiger partial charge in [0.15, 0.2) is 0 Å². The Morgan fingerprint density at radius 3 is 3.11 bits per heavy atom. The monoisotopic (exact) mass is 247 g/mol. The largest absolute Gasteiger partial charge is 0.327 e. The molecule has 1 aliphatic heterocycles. The van der Waals surface area contributed by atoms with Crippen molar-refractivity contribution >= 4 is 11.6 Å². The van der Waals surface area contributed by atoms with Gasteiger partial charge in [0, 0.05) is 18.3 Å². The number of piperidine rings is 1. The van der Waals surface area contributed by atoms with Crippen molar-refractivity contribution in [2.24, 2.45) is 5.73 Å². The molecule has 2 rings (SSSR count). The van der Waals surface area contributed by atoms with E-state index in [2.05, 4.69) is 10.2 Å². The van der Waals surface area contributed by atoms with E-state index in [0.29, 0.717) is 6.54 Å². The molecule has 0 saturated carbocycles. The van der Waals surface area contributed by atoms with E-state index < -0.39 is 0 Å². The number of carbonyl (C=O) groups is 1. The molecule has 0 aromatic heterocycles. The lowest BCUT2D eigenvalue weighted by Crippen LogP contribution is -2.45. The number of hydrogen-bond acceptors (Lipinski definition) is 3. The predicted octanol–water partition coefficient (Wildman–Crippen LogP) is 1.36. The third-order valence-electron chi connectivity index (χ3n) is 3.21. The Morgan fingerprint density at radius 2 is 2.39 bits per heavy atom. The lowest BCUT2D eigenvalue weighted by atomic mass is 10.1. The van der Waals surface area contributed by atoms with Crippen molar-refractivity contribution in [1.82, 2.24) is 4.90 Å². The minimum absolute atomic E-state index is 0.0368. The smallest absolute Gasteiger partial charge is 0.238 e. The van der Waals surface area contributed by atoms with Crippen molar-refractivity contribution in [1.29, 1.82) is 0 Å². The summed E-state index contributed by atoms with van der Waals surface area (Å²) in [5.41, 5.74) is 7.91. The van der Waals surface area contributed by atoms with Crippen molar-refractivity contribution in [2.45, 2.75) is 25.8 Å². The van der Waals surface area contributed by atoms with Crippen LogP contribution in [0.2, 0.25) is 0 Å². The summed E-state index contributed by atoms with van der Waals surface area (Å²) < 4.78 is 0. The maximum absolute atomic E-state index is 11.9. The van der Waals surface area contributed by atoms with E-state index in [1.807, 2.05) is 31.2 Å². The minimum Gasteiger partial charge on any atom is -0.327 e. The van der Waals surface area contributed by atoms with E-state index in [0.717, 1.165) is 37.2 Å². The van der Waals surface area contributed by atoms with Gasteiger partial charge in [0.2, 0.25) is 5.91 Å². The van der Waals surface area contributed by atoms with Crippen LogP contribution in [-0.4, -0.2) is 36.5 Å². The van der Waals surface area contributed by atoms with Crippen molar-refractivity contribution in [3.8, 4) is 0 Å². The molecule has 4 heteroatoms. The fourth-order valence-corrected chi connectivity index (χ4v) is 2.36. The molecular weight excluding hydrogens is 226 g/mol. The molecule has 4 nitrogen and oxygen atoms in total. The zero-order chi connectivity index (χ0) is 13.0. The molecule has 0 aliphatic carbocycles. The third kappa shape index (κ3) is 3.82. The Bertz CT molecular complexity index is 419. The van der Waals surface area contributed by atoms with Crippen molar-refractivity contribution < 1.29 is 4.79 Å². The number of benzene rings is 1. The van der Waals surface area contributed by atoms with Crippen LogP contribution in [0.3, 0.4) is 0 Å². The van der Waals surface area contributed by atoms with Gasteiger partial charge in [0.05, 0.1) is 6.54 Å². The van der Waals surface area contributed by atoms with Gasteiger partial charge in [-0.15, -0.1) is 0 Å². The summed E-state index contributed by atoms with van der Waals surface area (Å²) in [7, 11) is 0. The van der Waals surface area contributed by atoms with Gasteiger partial charge in [0.1, 0.15) is 0 Å². The first kappa shape index (κ1) is 13.1. The molecule has 1 fully saturated rings. The fourth-order valence-electron chi connectivity index (χ4n) is 2.36. The highest BCUT2D eigenvalue weighted by atomic mass is 16.2. The molecule has 98 valence electrons. The number of nitrogens with one attached hydrogen (secondary N) is 1. The number of amides is 1. The Kier molecular flexibility index (Phi) is 4.33. The van der Waals surface area contributed by atoms with Crippen LogP contribution in [0, 0.1) is 6.92 Å². The normalized spacial score (nSPS) is 20.7. The van der Waals surface area contributed by atoms with Crippen LogP contribution in [0.25, 0.3) is 0 Å². The zero-order valence-electron chi connectivity index (χ0n) is 10.9. The Balaban J connectivity index is 1.85. The fraction of sp³-hybridized carbons (Fsp3) is 0.500. The SMILES string of the molecule is Cc1cccc(NC(=O)CN2CCCC(N)C2)c1. The van der Waals surface area contributed by atoms with Gasteiger partial charge in [-0.3, -0.25) is 9.69 Å². The predicted molar refractivity (Wildman–Crippen MR) is 73.5 cm³/mol. The summed E-state index contributed by atoms with van der Waals surface area (Å²) >= 11 is 0. The number of likely N-dealkylation sites (tertiary alicyclic amines) is 1. The van der Waals surface area contributed by atoms with E-state index in [-0.39, 0.29) is 11.9 Å². The highest BCUT2D eigenvalue weighted by Gasteiger charge is 2.18. The second kappa shape index (κ2) is 5.98. The van der Waals surface area contributed by atoms with Crippen molar-refractivity contribution in [3.05, 3.63) is 29.8 Å². The molecule has 3 N–H and O–H groups in total. The molecule has 18 heavy (non-hydrogen) atoms. The standard InChI is InChI=1S/C14H21N3O/c1-11-4-2-6-13(8-11)16-14(18)10-17-7-3-5-12(15)9-17/h2,4,6,8,12H,3,5,7,9-10,15H2,1H3,(H,16,18). The van der Waals surface area contributed by atoms with Gasteiger partial charge in [-0.25, -0.2) is 0 Å². The number of carbonyl (C=O) groups excluding carboxylic acids is 1. The number of anilines is 1. The number of hydrogen-bond donors (Lipinski definition) is 2. The first-order valence-electron chi connectivity index (χ1n) is 6.48. The first-order chi connectivity index (χ1) is 8.63. The van der Waals surface area contributed by atoms with Gasteiger partial charge in [-0.05, 0) is 44.0 Å². The van der Waals surface area contributed by atoms with Crippen LogP contribution in [0.4, 0.5) is 5.69 Å². The minimum atomic E-state index is 0.0368. The van der Waals surface area contributed by atoms with E-state index in [4.69, 9.17) is 5.73 Å². The van der Waals surface area contributed by atoms with Gasteiger partial charge < -0.3 is 11.1 Å². The molecule has 1 saturated heterocycles. The van der Waals surface area contributed by atoms with Crippen molar-refractivity contribution in [3.63, 3.8) is 0 Å². The van der Waals surface area contributed by atoms with Gasteiger partial charge in [-0.2, -0.15) is 0 Å². The molecule has 1 heterocycles. The van der Waals surface area contributed by atoms with E-state index in [9.17, 15) is 4.79 Å². The maximum Gasteiger partial charge on any atom is 0.238 e. The van der Waals surface area contributed by atoms with E-state index in [1.165, 1.54) is 0 Å². The van der Waals surface area contributed by atoms with Gasteiger partial charge >= 0.3 is 0 Å². The van der Waals surface area contributed by atoms with Crippen molar-refractivity contribution in [2.75, 3.05) is 25.0 Å². The Labute approximate surface area is 108 Å². The summed E-state index contributed by atoms with van der Waals surface area (Å²) in [6.45, 7) is 4.23. The lowest BCUT2D eigenvalue weighted by molar-refractivity contribution is -0.117. The highest BCUT2D eigenvalue weighted by Crippen LogP contribution is 2.11. The first-order valence-corrected chi connectivity index (χ1v) is 6.48. The number of rotatable bonds is 3. The number of aryl methyl sites for hydroxylation is 1. The molecule has 1 atom stereocenters. The Morgan fingerprint density at radius 1 is 1.56 bits per heavy atom. The van der Waals surface area contributed by atoms with Crippen LogP contribution in [-0.2, 0) is 4.79 Å². The van der Waals surface area contributed by atoms with Crippen LogP contribution >= 0.6 is 0 Å². The van der Waals surface area contributed by atoms with E-state index >= 15 is 0 Å². The number of nitrogens with zero attached hydrogens (tertiary/aromatic N) is 1. The summed E-state index contributed by atoms with van der Waals surface area (Å²) in [6.07, 6.45) is 2.15. The maximum atomic E-state index is 11.9. The van der Waals surface area contributed by atoms with Crippen LogP contribution in [0.5, 0.6) is 0 Å². The summed E-state index contributed by atoms with van der Waals surface area (Å²) in [5, 5.41) is 2.92. The molecule has 1 aliphatic rings. The molecule has 0 radical (unpaired) electrons. The molecule has 0 bridgehead atoms. The number of nitrogens with two attached hydrogens (primary N) is 1. The quantitative estimate of drug-likeness (QED) is 0.848. The molecular formula is C14H21N3O. The summed E-state index contributed by atoms with van der Waals surface area (Å²) in [6, 6.07) is 8.05. The Hall–Kier alpha value is -1.39. The van der Waals surface area contributed by atoms with E-state index in [1.54, 1.807) is 0 Å². The van der Waals surface area contributed by atoms with Crippen LogP contribution in [0.1, 0.15) is 18.4 Å². The molecule has 1 unspecified atom stereocenters. The van der Waals surface area contributed by atoms with Gasteiger partial charge in [-0.1, -0.05) is 12.1 Å². The zero-order valence-corrected chi connectivity index (χ0v) is 10.9. The second-order valence-corrected chi connectivity index (χ2v) is 5.06. The molecule has 1 aromatic rings. The molecule has 0 spiro atoms. The van der Waals surface area contributed by atoms with Crippen LogP contribution < -0.4 is 11.1 Å². The van der Waals surface area contributed by atoms with Gasteiger partial charge in [0.25, 0.3) is 0 Å².